The molecule has 2 heterocycles. The SMILES string of the molecule is C[C@@H]1CC[C@@H](CCC(=O)N2CCC(O)(C(=O)O)CC2)O1. The number of carbonyl (C=O) groups is 2. The maximum Gasteiger partial charge on any atom is 0.335 e. The van der Waals surface area contributed by atoms with Crippen LogP contribution in [0.5, 0.6) is 0 Å². The van der Waals surface area contributed by atoms with Crippen LogP contribution in [0.3, 0.4) is 0 Å². The molecule has 6 nitrogen and oxygen atoms in total. The number of amides is 1. The summed E-state index contributed by atoms with van der Waals surface area (Å²) >= 11 is 0. The number of carboxylic acids is 1. The molecule has 2 saturated heterocycles. The third-order valence-corrected chi connectivity index (χ3v) is 4.34. The maximum absolute atomic E-state index is 12.1. The zero-order chi connectivity index (χ0) is 14.8. The molecule has 0 aromatic carbocycles. The normalized spacial score (nSPS) is 29.4. The highest BCUT2D eigenvalue weighted by Gasteiger charge is 2.40. The van der Waals surface area contributed by atoms with E-state index in [0.717, 1.165) is 19.3 Å². The van der Waals surface area contributed by atoms with Crippen molar-refractivity contribution in [3.05, 3.63) is 0 Å². The van der Waals surface area contributed by atoms with Crippen LogP contribution in [0.4, 0.5) is 0 Å². The number of aliphatic hydroxyl groups is 1. The van der Waals surface area contributed by atoms with Gasteiger partial charge in [-0.1, -0.05) is 0 Å². The minimum absolute atomic E-state index is 0.0283. The lowest BCUT2D eigenvalue weighted by molar-refractivity contribution is -0.165. The molecule has 0 aliphatic carbocycles. The third-order valence-electron chi connectivity index (χ3n) is 4.34. The molecule has 114 valence electrons. The first-order valence-corrected chi connectivity index (χ1v) is 7.30. The zero-order valence-corrected chi connectivity index (χ0v) is 11.9. The van der Waals surface area contributed by atoms with Gasteiger partial charge in [-0.25, -0.2) is 4.79 Å². The number of hydrogen-bond acceptors (Lipinski definition) is 4. The number of ether oxygens (including phenoxy) is 1. The highest BCUT2D eigenvalue weighted by molar-refractivity contribution is 5.79. The molecule has 0 saturated carbocycles. The molecule has 6 heteroatoms. The second kappa shape index (κ2) is 6.10. The second-order valence-electron chi connectivity index (χ2n) is 5.90. The third kappa shape index (κ3) is 3.49. The Balaban J connectivity index is 1.73. The number of hydrogen-bond donors (Lipinski definition) is 2. The summed E-state index contributed by atoms with van der Waals surface area (Å²) < 4.78 is 5.68. The summed E-state index contributed by atoms with van der Waals surface area (Å²) in [5.74, 6) is -1.17. The Morgan fingerprint density at radius 1 is 1.30 bits per heavy atom. The monoisotopic (exact) mass is 285 g/mol. The van der Waals surface area contributed by atoms with Crippen molar-refractivity contribution in [1.82, 2.24) is 4.90 Å². The lowest BCUT2D eigenvalue weighted by Gasteiger charge is -2.35. The van der Waals surface area contributed by atoms with Gasteiger partial charge in [-0.15, -0.1) is 0 Å². The molecule has 2 aliphatic heterocycles. The van der Waals surface area contributed by atoms with E-state index >= 15 is 0 Å². The number of carboxylic acid groups (broad SMARTS) is 1. The van der Waals surface area contributed by atoms with Crippen LogP contribution in [0, 0.1) is 0 Å². The van der Waals surface area contributed by atoms with Gasteiger partial charge in [0.15, 0.2) is 5.60 Å². The molecule has 2 rings (SSSR count). The maximum atomic E-state index is 12.1. The zero-order valence-electron chi connectivity index (χ0n) is 11.9. The van der Waals surface area contributed by atoms with Crippen LogP contribution in [0.1, 0.15) is 45.4 Å². The molecule has 2 fully saturated rings. The van der Waals surface area contributed by atoms with Crippen molar-refractivity contribution in [1.29, 1.82) is 0 Å². The number of piperidine rings is 1. The lowest BCUT2D eigenvalue weighted by Crippen LogP contribution is -2.50. The smallest absolute Gasteiger partial charge is 0.335 e. The van der Waals surface area contributed by atoms with E-state index in [-0.39, 0.29) is 31.0 Å². The molecule has 0 unspecified atom stereocenters. The summed E-state index contributed by atoms with van der Waals surface area (Å²) in [6.45, 7) is 2.66. The number of rotatable bonds is 4. The molecule has 0 aromatic heterocycles. The minimum Gasteiger partial charge on any atom is -0.479 e. The first-order valence-electron chi connectivity index (χ1n) is 7.30. The first-order chi connectivity index (χ1) is 9.40. The highest BCUT2D eigenvalue weighted by atomic mass is 16.5. The van der Waals surface area contributed by atoms with Gasteiger partial charge in [-0.05, 0) is 26.2 Å². The number of carbonyl (C=O) groups excluding carboxylic acids is 1. The van der Waals surface area contributed by atoms with Gasteiger partial charge in [-0.3, -0.25) is 4.79 Å². The van der Waals surface area contributed by atoms with Gasteiger partial charge >= 0.3 is 5.97 Å². The van der Waals surface area contributed by atoms with Gasteiger partial charge in [0.05, 0.1) is 12.2 Å². The van der Waals surface area contributed by atoms with Crippen LogP contribution >= 0.6 is 0 Å². The van der Waals surface area contributed by atoms with Gasteiger partial charge in [0.1, 0.15) is 0 Å². The summed E-state index contributed by atoms with van der Waals surface area (Å²) in [5, 5.41) is 18.7. The Morgan fingerprint density at radius 3 is 2.45 bits per heavy atom. The Bertz CT molecular complexity index is 376. The van der Waals surface area contributed by atoms with Crippen LogP contribution in [0.25, 0.3) is 0 Å². The molecule has 0 aromatic rings. The molecule has 2 atom stereocenters. The van der Waals surface area contributed by atoms with Crippen molar-refractivity contribution >= 4 is 11.9 Å². The van der Waals surface area contributed by atoms with E-state index in [1.54, 1.807) is 4.90 Å². The van der Waals surface area contributed by atoms with Crippen molar-refractivity contribution in [3.63, 3.8) is 0 Å². The van der Waals surface area contributed by atoms with E-state index in [0.29, 0.717) is 19.5 Å². The van der Waals surface area contributed by atoms with E-state index in [9.17, 15) is 14.7 Å². The molecule has 20 heavy (non-hydrogen) atoms. The molecule has 0 bridgehead atoms. The lowest BCUT2D eigenvalue weighted by atomic mass is 9.91. The topological polar surface area (TPSA) is 87.1 Å². The molecule has 2 N–H and O–H groups in total. The van der Waals surface area contributed by atoms with Gasteiger partial charge in [0, 0.05) is 32.4 Å². The van der Waals surface area contributed by atoms with Crippen LogP contribution in [0.2, 0.25) is 0 Å². The Morgan fingerprint density at radius 2 is 1.95 bits per heavy atom. The number of nitrogens with zero attached hydrogens (tertiary/aromatic N) is 1. The highest BCUT2D eigenvalue weighted by Crippen LogP contribution is 2.25. The van der Waals surface area contributed by atoms with Crippen molar-refractivity contribution in [2.45, 2.75) is 63.3 Å². The quantitative estimate of drug-likeness (QED) is 0.796. The van der Waals surface area contributed by atoms with E-state index < -0.39 is 11.6 Å². The van der Waals surface area contributed by atoms with Gasteiger partial charge < -0.3 is 19.8 Å². The Labute approximate surface area is 118 Å². The van der Waals surface area contributed by atoms with E-state index in [2.05, 4.69) is 0 Å². The summed E-state index contributed by atoms with van der Waals surface area (Å²) in [7, 11) is 0. The van der Waals surface area contributed by atoms with Crippen LogP contribution < -0.4 is 0 Å². The fourth-order valence-corrected chi connectivity index (χ4v) is 2.88. The standard InChI is InChI=1S/C14H23NO5/c1-10-2-3-11(20-10)4-5-12(16)15-8-6-14(19,7-9-15)13(17)18/h10-11,19H,2-9H2,1H3,(H,17,18)/t10-,11+/m1/s1. The van der Waals surface area contributed by atoms with Crippen molar-refractivity contribution < 1.29 is 24.5 Å². The second-order valence-corrected chi connectivity index (χ2v) is 5.90. The van der Waals surface area contributed by atoms with Crippen molar-refractivity contribution in [2.75, 3.05) is 13.1 Å². The summed E-state index contributed by atoms with van der Waals surface area (Å²) in [6, 6.07) is 0. The van der Waals surface area contributed by atoms with Crippen LogP contribution in [0.15, 0.2) is 0 Å². The summed E-state index contributed by atoms with van der Waals surface area (Å²) in [6.07, 6.45) is 3.88. The fraction of sp³-hybridized carbons (Fsp3) is 0.857. The number of likely N-dealkylation sites (tertiary alicyclic amines) is 1. The van der Waals surface area contributed by atoms with Gasteiger partial charge in [-0.2, -0.15) is 0 Å². The molecule has 2 aliphatic rings. The summed E-state index contributed by atoms with van der Waals surface area (Å²) in [5.41, 5.74) is -1.67. The Hall–Kier alpha value is -1.14. The van der Waals surface area contributed by atoms with E-state index in [4.69, 9.17) is 9.84 Å². The molecular weight excluding hydrogens is 262 g/mol. The molecular formula is C14H23NO5. The van der Waals surface area contributed by atoms with Crippen molar-refractivity contribution in [3.8, 4) is 0 Å². The largest absolute Gasteiger partial charge is 0.479 e. The average molecular weight is 285 g/mol. The molecule has 0 spiro atoms. The molecule has 1 amide bonds. The van der Waals surface area contributed by atoms with E-state index in [1.165, 1.54) is 0 Å². The minimum atomic E-state index is -1.67. The average Bonchev–Trinajstić information content (AvgIpc) is 2.82. The molecule has 0 radical (unpaired) electrons. The number of aliphatic carboxylic acids is 1. The van der Waals surface area contributed by atoms with Crippen molar-refractivity contribution in [2.24, 2.45) is 0 Å². The van der Waals surface area contributed by atoms with Crippen LogP contribution in [-0.2, 0) is 14.3 Å². The van der Waals surface area contributed by atoms with Gasteiger partial charge in [0.25, 0.3) is 0 Å². The summed E-state index contributed by atoms with van der Waals surface area (Å²) in [4.78, 5) is 24.6. The van der Waals surface area contributed by atoms with E-state index in [1.807, 2.05) is 6.92 Å². The fourth-order valence-electron chi connectivity index (χ4n) is 2.88. The predicted octanol–water partition coefficient (Wildman–Crippen LogP) is 0.772. The van der Waals surface area contributed by atoms with Crippen LogP contribution in [-0.4, -0.2) is 57.9 Å². The first kappa shape index (κ1) is 15.3. The Kier molecular flexibility index (Phi) is 4.65. The van der Waals surface area contributed by atoms with Gasteiger partial charge in [0.2, 0.25) is 5.91 Å². The predicted molar refractivity (Wildman–Crippen MR) is 71.2 cm³/mol.